The molecular formula is C16H24ClN3O. The first kappa shape index (κ1) is 16.1. The van der Waals surface area contributed by atoms with E-state index >= 15 is 0 Å². The summed E-state index contributed by atoms with van der Waals surface area (Å²) in [5.74, 6) is 0.785. The first-order valence-electron chi connectivity index (χ1n) is 7.62. The van der Waals surface area contributed by atoms with Crippen LogP contribution in [-0.4, -0.2) is 30.4 Å². The number of amides is 1. The molecular weight excluding hydrogens is 286 g/mol. The number of halogens is 1. The van der Waals surface area contributed by atoms with Crippen LogP contribution >= 0.6 is 11.6 Å². The van der Waals surface area contributed by atoms with Gasteiger partial charge >= 0.3 is 0 Å². The quantitative estimate of drug-likeness (QED) is 0.820. The Hall–Kier alpha value is -1.26. The maximum Gasteiger partial charge on any atom is 0.224 e. The largest absolute Gasteiger partial charge is 0.399 e. The van der Waals surface area contributed by atoms with Gasteiger partial charge in [0.2, 0.25) is 5.91 Å². The number of anilines is 2. The number of nitrogens with zero attached hydrogens (tertiary/aromatic N) is 1. The molecule has 1 saturated heterocycles. The molecule has 1 heterocycles. The zero-order valence-electron chi connectivity index (χ0n) is 12.6. The van der Waals surface area contributed by atoms with Crippen LogP contribution in [0.5, 0.6) is 0 Å². The molecule has 116 valence electrons. The molecule has 1 aliphatic heterocycles. The van der Waals surface area contributed by atoms with Crippen LogP contribution < -0.4 is 11.1 Å². The van der Waals surface area contributed by atoms with E-state index in [9.17, 15) is 4.79 Å². The molecule has 0 aliphatic carbocycles. The fourth-order valence-corrected chi connectivity index (χ4v) is 3.03. The topological polar surface area (TPSA) is 58.4 Å². The third-order valence-corrected chi connectivity index (χ3v) is 4.20. The second-order valence-electron chi connectivity index (χ2n) is 5.94. The molecule has 1 aliphatic rings. The first-order chi connectivity index (χ1) is 10.0. The Balaban J connectivity index is 1.72. The maximum atomic E-state index is 11.9. The molecule has 0 radical (unpaired) electrons. The van der Waals surface area contributed by atoms with E-state index in [0.29, 0.717) is 22.8 Å². The normalized spacial score (nSPS) is 19.4. The van der Waals surface area contributed by atoms with Crippen molar-refractivity contribution in [1.82, 2.24) is 4.90 Å². The summed E-state index contributed by atoms with van der Waals surface area (Å²) >= 11 is 6.04. The highest BCUT2D eigenvalue weighted by molar-refractivity contribution is 6.34. The Bertz CT molecular complexity index is 492. The molecule has 4 nitrogen and oxygen atoms in total. The number of nitrogen functional groups attached to an aromatic ring is 1. The summed E-state index contributed by atoms with van der Waals surface area (Å²) in [6.07, 6.45) is 4.00. The molecule has 0 aromatic heterocycles. The standard InChI is InChI=1S/C16H24ClN3O/c1-12-4-2-8-20(11-12)9-3-5-16(21)19-15-7-6-13(18)10-14(15)17/h6-7,10,12H,2-5,8-9,11,18H2,1H3,(H,19,21). The molecule has 1 aromatic carbocycles. The van der Waals surface area contributed by atoms with Crippen LogP contribution in [0.25, 0.3) is 0 Å². The predicted molar refractivity (Wildman–Crippen MR) is 88.6 cm³/mol. The second-order valence-corrected chi connectivity index (χ2v) is 6.35. The van der Waals surface area contributed by atoms with Gasteiger partial charge in [0.25, 0.3) is 0 Å². The van der Waals surface area contributed by atoms with Gasteiger partial charge in [-0.1, -0.05) is 18.5 Å². The van der Waals surface area contributed by atoms with Crippen molar-refractivity contribution in [3.63, 3.8) is 0 Å². The molecule has 1 aromatic rings. The van der Waals surface area contributed by atoms with E-state index < -0.39 is 0 Å². The van der Waals surface area contributed by atoms with Crippen LogP contribution in [0.4, 0.5) is 11.4 Å². The van der Waals surface area contributed by atoms with Gasteiger partial charge in [0.15, 0.2) is 0 Å². The van der Waals surface area contributed by atoms with Crippen molar-refractivity contribution in [3.05, 3.63) is 23.2 Å². The van der Waals surface area contributed by atoms with Crippen molar-refractivity contribution < 1.29 is 4.79 Å². The minimum Gasteiger partial charge on any atom is -0.399 e. The molecule has 1 amide bonds. The molecule has 21 heavy (non-hydrogen) atoms. The molecule has 2 rings (SSSR count). The van der Waals surface area contributed by atoms with Crippen molar-refractivity contribution in [2.45, 2.75) is 32.6 Å². The van der Waals surface area contributed by atoms with E-state index in [1.807, 2.05) is 0 Å². The van der Waals surface area contributed by atoms with Crippen LogP contribution in [0.15, 0.2) is 18.2 Å². The summed E-state index contributed by atoms with van der Waals surface area (Å²) in [7, 11) is 0. The summed E-state index contributed by atoms with van der Waals surface area (Å²) in [4.78, 5) is 14.4. The number of hydrogen-bond acceptors (Lipinski definition) is 3. The third kappa shape index (κ3) is 5.21. The molecule has 0 spiro atoms. The van der Waals surface area contributed by atoms with Gasteiger partial charge in [-0.2, -0.15) is 0 Å². The minimum absolute atomic E-state index is 0.00623. The predicted octanol–water partition coefficient (Wildman–Crippen LogP) is 3.37. The van der Waals surface area contributed by atoms with E-state index in [4.69, 9.17) is 17.3 Å². The molecule has 1 unspecified atom stereocenters. The number of benzene rings is 1. The minimum atomic E-state index is 0.00623. The number of nitrogens with two attached hydrogens (primary N) is 1. The number of hydrogen-bond donors (Lipinski definition) is 2. The smallest absolute Gasteiger partial charge is 0.224 e. The van der Waals surface area contributed by atoms with Crippen molar-refractivity contribution in [3.8, 4) is 0 Å². The number of likely N-dealkylation sites (tertiary alicyclic amines) is 1. The molecule has 0 saturated carbocycles. The average Bonchev–Trinajstić information content (AvgIpc) is 2.42. The highest BCUT2D eigenvalue weighted by Gasteiger charge is 2.16. The Labute approximate surface area is 131 Å². The van der Waals surface area contributed by atoms with Gasteiger partial charge in [0, 0.05) is 18.7 Å². The fourth-order valence-electron chi connectivity index (χ4n) is 2.80. The molecule has 0 bridgehead atoms. The van der Waals surface area contributed by atoms with Crippen LogP contribution in [0.3, 0.4) is 0 Å². The molecule has 1 fully saturated rings. The Morgan fingerprint density at radius 1 is 1.52 bits per heavy atom. The van der Waals surface area contributed by atoms with E-state index in [-0.39, 0.29) is 5.91 Å². The van der Waals surface area contributed by atoms with Crippen LogP contribution in [0.1, 0.15) is 32.6 Å². The number of piperidine rings is 1. The Morgan fingerprint density at radius 2 is 2.33 bits per heavy atom. The van der Waals surface area contributed by atoms with Gasteiger partial charge in [-0.3, -0.25) is 4.79 Å². The SMILES string of the molecule is CC1CCCN(CCCC(=O)Nc2ccc(N)cc2Cl)C1. The first-order valence-corrected chi connectivity index (χ1v) is 7.99. The van der Waals surface area contributed by atoms with E-state index in [2.05, 4.69) is 17.1 Å². The number of carbonyl (C=O) groups excluding carboxylic acids is 1. The van der Waals surface area contributed by atoms with E-state index in [0.717, 1.165) is 32.0 Å². The molecule has 3 N–H and O–H groups in total. The van der Waals surface area contributed by atoms with Gasteiger partial charge in [-0.25, -0.2) is 0 Å². The Morgan fingerprint density at radius 3 is 3.05 bits per heavy atom. The highest BCUT2D eigenvalue weighted by atomic mass is 35.5. The highest BCUT2D eigenvalue weighted by Crippen LogP contribution is 2.24. The van der Waals surface area contributed by atoms with E-state index in [1.165, 1.54) is 12.8 Å². The number of nitrogens with one attached hydrogen (secondary N) is 1. The number of rotatable bonds is 5. The lowest BCUT2D eigenvalue weighted by Crippen LogP contribution is -2.35. The van der Waals surface area contributed by atoms with Gasteiger partial charge in [0.1, 0.15) is 0 Å². The summed E-state index contributed by atoms with van der Waals surface area (Å²) in [5.41, 5.74) is 6.85. The zero-order valence-corrected chi connectivity index (χ0v) is 13.3. The summed E-state index contributed by atoms with van der Waals surface area (Å²) in [6, 6.07) is 5.12. The van der Waals surface area contributed by atoms with Crippen LogP contribution in [0.2, 0.25) is 5.02 Å². The maximum absolute atomic E-state index is 11.9. The zero-order chi connectivity index (χ0) is 15.2. The lowest BCUT2D eigenvalue weighted by molar-refractivity contribution is -0.116. The Kier molecular flexibility index (Phi) is 5.88. The van der Waals surface area contributed by atoms with Gasteiger partial charge in [-0.05, 0) is 56.5 Å². The number of carbonyl (C=O) groups is 1. The van der Waals surface area contributed by atoms with Gasteiger partial charge < -0.3 is 16.0 Å². The summed E-state index contributed by atoms with van der Waals surface area (Å²) in [6.45, 7) is 5.61. The van der Waals surface area contributed by atoms with Crippen LogP contribution in [-0.2, 0) is 4.79 Å². The molecule has 5 heteroatoms. The summed E-state index contributed by atoms with van der Waals surface area (Å²) in [5, 5.41) is 3.32. The average molecular weight is 310 g/mol. The van der Waals surface area contributed by atoms with Crippen LogP contribution in [0, 0.1) is 5.92 Å². The van der Waals surface area contributed by atoms with E-state index in [1.54, 1.807) is 18.2 Å². The van der Waals surface area contributed by atoms with Gasteiger partial charge in [0.05, 0.1) is 10.7 Å². The lowest BCUT2D eigenvalue weighted by atomic mass is 10.0. The van der Waals surface area contributed by atoms with Gasteiger partial charge in [-0.15, -0.1) is 0 Å². The second kappa shape index (κ2) is 7.66. The lowest BCUT2D eigenvalue weighted by Gasteiger charge is -2.30. The summed E-state index contributed by atoms with van der Waals surface area (Å²) < 4.78 is 0. The van der Waals surface area contributed by atoms with Crippen molar-refractivity contribution in [1.29, 1.82) is 0 Å². The van der Waals surface area contributed by atoms with Crippen molar-refractivity contribution in [2.24, 2.45) is 5.92 Å². The van der Waals surface area contributed by atoms with Crippen molar-refractivity contribution >= 4 is 28.9 Å². The monoisotopic (exact) mass is 309 g/mol. The fraction of sp³-hybridized carbons (Fsp3) is 0.562. The third-order valence-electron chi connectivity index (χ3n) is 3.89. The molecule has 1 atom stereocenters. The van der Waals surface area contributed by atoms with Crippen molar-refractivity contribution in [2.75, 3.05) is 30.7 Å².